The molecule has 2 amide bonds. The Hall–Kier alpha value is -3.12. The van der Waals surface area contributed by atoms with Gasteiger partial charge >= 0.3 is 0 Å². The Morgan fingerprint density at radius 1 is 0.968 bits per heavy atom. The number of rotatable bonds is 3. The lowest BCUT2D eigenvalue weighted by molar-refractivity contribution is -0.123. The predicted molar refractivity (Wildman–Crippen MR) is 122 cm³/mol. The van der Waals surface area contributed by atoms with Gasteiger partial charge in [-0.3, -0.25) is 14.5 Å². The van der Waals surface area contributed by atoms with E-state index in [0.717, 1.165) is 33.6 Å². The number of anilines is 2. The quantitative estimate of drug-likeness (QED) is 0.590. The van der Waals surface area contributed by atoms with Gasteiger partial charge in [0.05, 0.1) is 18.0 Å². The molecular formula is C25H21FN2O2S. The summed E-state index contributed by atoms with van der Waals surface area (Å²) in [7, 11) is 0. The van der Waals surface area contributed by atoms with E-state index in [4.69, 9.17) is 0 Å². The van der Waals surface area contributed by atoms with E-state index in [1.165, 1.54) is 23.9 Å². The molecule has 0 aromatic heterocycles. The molecule has 3 aromatic rings. The zero-order chi connectivity index (χ0) is 21.8. The number of carbonyl (C=O) groups excluding carboxylic acids is 2. The average molecular weight is 433 g/mol. The van der Waals surface area contributed by atoms with Crippen LogP contribution in [0.3, 0.4) is 0 Å². The van der Waals surface area contributed by atoms with E-state index < -0.39 is 4.87 Å². The minimum atomic E-state index is -1.13. The molecule has 31 heavy (non-hydrogen) atoms. The number of hydrogen-bond donors (Lipinski definition) is 0. The predicted octanol–water partition coefficient (Wildman–Crippen LogP) is 4.92. The van der Waals surface area contributed by atoms with Crippen LogP contribution in [0.25, 0.3) is 0 Å². The number of para-hydroxylation sites is 1. The Bertz CT molecular complexity index is 1210. The standard InChI is InChI=1S/C25H21FN2O2S/c1-16-7-12-20(13-17(16)2)28-23(29)15-31-25(28)21-5-3-4-6-22(21)27(24(25)30)14-18-8-10-19(26)11-9-18/h3-13H,14-15H2,1-2H3. The van der Waals surface area contributed by atoms with E-state index in [1.807, 2.05) is 56.3 Å². The second kappa shape index (κ2) is 7.24. The summed E-state index contributed by atoms with van der Waals surface area (Å²) in [5, 5.41) is 0. The normalized spacial score (nSPS) is 20.1. The van der Waals surface area contributed by atoms with Crippen LogP contribution < -0.4 is 9.80 Å². The van der Waals surface area contributed by atoms with Gasteiger partial charge in [-0.2, -0.15) is 0 Å². The summed E-state index contributed by atoms with van der Waals surface area (Å²) >= 11 is 1.37. The van der Waals surface area contributed by atoms with Gasteiger partial charge in [0.1, 0.15) is 5.82 Å². The Kier molecular flexibility index (Phi) is 4.63. The molecule has 0 N–H and O–H groups in total. The lowest BCUT2D eigenvalue weighted by atomic mass is 10.0. The monoisotopic (exact) mass is 432 g/mol. The van der Waals surface area contributed by atoms with Crippen LogP contribution in [-0.2, 0) is 21.0 Å². The van der Waals surface area contributed by atoms with Crippen molar-refractivity contribution in [3.8, 4) is 0 Å². The highest BCUT2D eigenvalue weighted by atomic mass is 32.2. The summed E-state index contributed by atoms with van der Waals surface area (Å²) in [5.74, 6) is -0.310. The number of thioether (sulfide) groups is 1. The number of carbonyl (C=O) groups is 2. The van der Waals surface area contributed by atoms with Gasteiger partial charge in [0.15, 0.2) is 0 Å². The molecule has 0 radical (unpaired) electrons. The lowest BCUT2D eigenvalue weighted by Crippen LogP contribution is -2.49. The molecule has 156 valence electrons. The second-order valence-corrected chi connectivity index (χ2v) is 9.13. The number of amides is 2. The molecule has 3 aromatic carbocycles. The molecule has 0 saturated carbocycles. The molecule has 1 atom stereocenters. The van der Waals surface area contributed by atoms with Gasteiger partial charge < -0.3 is 4.90 Å². The van der Waals surface area contributed by atoms with Crippen molar-refractivity contribution in [2.24, 2.45) is 0 Å². The first-order chi connectivity index (χ1) is 14.9. The topological polar surface area (TPSA) is 40.6 Å². The molecule has 2 aliphatic heterocycles. The molecule has 0 bridgehead atoms. The highest BCUT2D eigenvalue weighted by molar-refractivity contribution is 8.02. The van der Waals surface area contributed by atoms with Gasteiger partial charge in [0.2, 0.25) is 10.8 Å². The largest absolute Gasteiger partial charge is 0.304 e. The minimum Gasteiger partial charge on any atom is -0.304 e. The van der Waals surface area contributed by atoms with E-state index in [1.54, 1.807) is 21.9 Å². The molecule has 6 heteroatoms. The van der Waals surface area contributed by atoms with Crippen LogP contribution in [0.4, 0.5) is 15.8 Å². The third-order valence-corrected chi connectivity index (χ3v) is 7.45. The van der Waals surface area contributed by atoms with Gasteiger partial charge in [0.25, 0.3) is 5.91 Å². The van der Waals surface area contributed by atoms with Crippen molar-refractivity contribution in [3.05, 3.63) is 94.8 Å². The van der Waals surface area contributed by atoms with Crippen molar-refractivity contribution < 1.29 is 14.0 Å². The van der Waals surface area contributed by atoms with Crippen LogP contribution in [0.1, 0.15) is 22.3 Å². The molecule has 1 unspecified atom stereocenters. The fraction of sp³-hybridized carbons (Fsp3) is 0.200. The molecular weight excluding hydrogens is 411 g/mol. The van der Waals surface area contributed by atoms with Gasteiger partial charge in [0, 0.05) is 11.3 Å². The third kappa shape index (κ3) is 2.97. The summed E-state index contributed by atoms with van der Waals surface area (Å²) in [5.41, 5.74) is 5.36. The van der Waals surface area contributed by atoms with Crippen molar-refractivity contribution >= 4 is 35.0 Å². The van der Waals surface area contributed by atoms with E-state index in [0.29, 0.717) is 6.54 Å². The Morgan fingerprint density at radius 2 is 1.71 bits per heavy atom. The number of hydrogen-bond acceptors (Lipinski definition) is 3. The first-order valence-corrected chi connectivity index (χ1v) is 11.1. The molecule has 1 saturated heterocycles. The maximum atomic E-state index is 14.0. The molecule has 1 spiro atoms. The first-order valence-electron chi connectivity index (χ1n) is 10.1. The van der Waals surface area contributed by atoms with Crippen molar-refractivity contribution in [2.75, 3.05) is 15.6 Å². The van der Waals surface area contributed by atoms with Crippen LogP contribution in [-0.4, -0.2) is 17.6 Å². The highest BCUT2D eigenvalue weighted by Crippen LogP contribution is 2.56. The van der Waals surface area contributed by atoms with Crippen LogP contribution >= 0.6 is 11.8 Å². The molecule has 1 fully saturated rings. The van der Waals surface area contributed by atoms with Crippen molar-refractivity contribution in [1.29, 1.82) is 0 Å². The van der Waals surface area contributed by atoms with Crippen LogP contribution in [0, 0.1) is 19.7 Å². The van der Waals surface area contributed by atoms with E-state index in [9.17, 15) is 14.0 Å². The van der Waals surface area contributed by atoms with Crippen LogP contribution in [0.5, 0.6) is 0 Å². The van der Waals surface area contributed by atoms with Crippen molar-refractivity contribution in [3.63, 3.8) is 0 Å². The number of benzene rings is 3. The van der Waals surface area contributed by atoms with Gasteiger partial charge in [-0.15, -0.1) is 11.8 Å². The van der Waals surface area contributed by atoms with E-state index in [-0.39, 0.29) is 23.4 Å². The number of nitrogens with zero attached hydrogens (tertiary/aromatic N) is 2. The fourth-order valence-corrected chi connectivity index (χ4v) is 5.71. The number of fused-ring (bicyclic) bond motifs is 2. The summed E-state index contributed by atoms with van der Waals surface area (Å²) in [6, 6.07) is 19.7. The maximum Gasteiger partial charge on any atom is 0.269 e. The molecule has 5 rings (SSSR count). The zero-order valence-electron chi connectivity index (χ0n) is 17.3. The average Bonchev–Trinajstić information content (AvgIpc) is 3.23. The van der Waals surface area contributed by atoms with Crippen LogP contribution in [0.15, 0.2) is 66.7 Å². The Morgan fingerprint density at radius 3 is 2.45 bits per heavy atom. The number of aryl methyl sites for hydroxylation is 2. The maximum absolute atomic E-state index is 14.0. The molecule has 0 aliphatic carbocycles. The van der Waals surface area contributed by atoms with E-state index in [2.05, 4.69) is 0 Å². The first kappa shape index (κ1) is 19.8. The molecule has 2 heterocycles. The molecule has 2 aliphatic rings. The summed E-state index contributed by atoms with van der Waals surface area (Å²) in [6.07, 6.45) is 0. The minimum absolute atomic E-state index is 0.0833. The lowest BCUT2D eigenvalue weighted by Gasteiger charge is -2.33. The fourth-order valence-electron chi connectivity index (χ4n) is 4.35. The number of halogens is 1. The Labute approximate surface area is 184 Å². The van der Waals surface area contributed by atoms with Gasteiger partial charge in [-0.05, 0) is 60.9 Å². The third-order valence-electron chi connectivity index (χ3n) is 6.07. The summed E-state index contributed by atoms with van der Waals surface area (Å²) in [4.78, 5) is 29.3. The van der Waals surface area contributed by atoms with Gasteiger partial charge in [-0.25, -0.2) is 4.39 Å². The van der Waals surface area contributed by atoms with E-state index >= 15 is 0 Å². The zero-order valence-corrected chi connectivity index (χ0v) is 18.1. The van der Waals surface area contributed by atoms with Crippen molar-refractivity contribution in [2.45, 2.75) is 25.3 Å². The van der Waals surface area contributed by atoms with Crippen LogP contribution in [0.2, 0.25) is 0 Å². The second-order valence-electron chi connectivity index (χ2n) is 7.97. The summed E-state index contributed by atoms with van der Waals surface area (Å²) in [6.45, 7) is 4.34. The Balaban J connectivity index is 1.63. The smallest absolute Gasteiger partial charge is 0.269 e. The highest BCUT2D eigenvalue weighted by Gasteiger charge is 2.60. The molecule has 4 nitrogen and oxygen atoms in total. The van der Waals surface area contributed by atoms with Crippen molar-refractivity contribution in [1.82, 2.24) is 0 Å². The van der Waals surface area contributed by atoms with Gasteiger partial charge in [-0.1, -0.05) is 36.4 Å². The SMILES string of the molecule is Cc1ccc(N2C(=O)CSC23C(=O)N(Cc2ccc(F)cc2)c2ccccc23)cc1C. The summed E-state index contributed by atoms with van der Waals surface area (Å²) < 4.78 is 13.4.